The van der Waals surface area contributed by atoms with Crippen molar-refractivity contribution in [2.75, 3.05) is 31.4 Å². The van der Waals surface area contributed by atoms with Crippen LogP contribution in [0.3, 0.4) is 0 Å². The number of nitrogens with one attached hydrogen (secondary N) is 2. The molecule has 1 aromatic heterocycles. The molecule has 0 aliphatic rings. The molecular formula is C16H18N4O3. The maximum absolute atomic E-state index is 12.4. The summed E-state index contributed by atoms with van der Waals surface area (Å²) in [6.07, 6.45) is 3.02. The quantitative estimate of drug-likeness (QED) is 0.763. The summed E-state index contributed by atoms with van der Waals surface area (Å²) in [5, 5.41) is 5.75. The number of benzene rings is 1. The number of aromatic nitrogens is 2. The van der Waals surface area contributed by atoms with Crippen LogP contribution in [0.2, 0.25) is 0 Å². The predicted octanol–water partition coefficient (Wildman–Crippen LogP) is 2.34. The van der Waals surface area contributed by atoms with Crippen molar-refractivity contribution < 1.29 is 14.3 Å². The lowest BCUT2D eigenvalue weighted by Gasteiger charge is -2.11. The van der Waals surface area contributed by atoms with Crippen molar-refractivity contribution in [3.05, 3.63) is 48.9 Å². The summed E-state index contributed by atoms with van der Waals surface area (Å²) in [7, 11) is 3.08. The fourth-order valence-corrected chi connectivity index (χ4v) is 1.85. The van der Waals surface area contributed by atoms with Crippen LogP contribution in [-0.2, 0) is 0 Å². The van der Waals surface area contributed by atoms with Gasteiger partial charge >= 0.3 is 0 Å². The van der Waals surface area contributed by atoms with Crippen molar-refractivity contribution in [2.24, 2.45) is 0 Å². The Balaban J connectivity index is 2.20. The minimum absolute atomic E-state index is 0.233. The lowest BCUT2D eigenvalue weighted by Crippen LogP contribution is -2.15. The Morgan fingerprint density at radius 2 is 2.09 bits per heavy atom. The van der Waals surface area contributed by atoms with E-state index in [1.54, 1.807) is 37.5 Å². The highest BCUT2D eigenvalue weighted by Gasteiger charge is 2.13. The molecule has 2 N–H and O–H groups in total. The van der Waals surface area contributed by atoms with Crippen LogP contribution < -0.4 is 20.1 Å². The summed E-state index contributed by atoms with van der Waals surface area (Å²) in [6, 6.07) is 6.70. The maximum atomic E-state index is 12.4. The number of nitrogens with zero attached hydrogens (tertiary/aromatic N) is 2. The van der Waals surface area contributed by atoms with Crippen molar-refractivity contribution >= 4 is 17.4 Å². The first-order chi connectivity index (χ1) is 11.2. The lowest BCUT2D eigenvalue weighted by molar-refractivity contribution is 0.102. The van der Waals surface area contributed by atoms with Crippen LogP contribution in [0.25, 0.3) is 0 Å². The number of rotatable bonds is 7. The van der Waals surface area contributed by atoms with Gasteiger partial charge in [-0.25, -0.2) is 9.97 Å². The van der Waals surface area contributed by atoms with Crippen LogP contribution in [0, 0.1) is 0 Å². The third-order valence-electron chi connectivity index (χ3n) is 2.98. The van der Waals surface area contributed by atoms with Crippen molar-refractivity contribution in [1.29, 1.82) is 0 Å². The number of carbonyl (C=O) groups excluding carboxylic acids is 1. The Hall–Kier alpha value is -3.09. The molecule has 0 radical (unpaired) electrons. The van der Waals surface area contributed by atoms with E-state index in [9.17, 15) is 4.79 Å². The fourth-order valence-electron chi connectivity index (χ4n) is 1.85. The van der Waals surface area contributed by atoms with E-state index in [4.69, 9.17) is 9.47 Å². The highest BCUT2D eigenvalue weighted by atomic mass is 16.5. The molecule has 23 heavy (non-hydrogen) atoms. The monoisotopic (exact) mass is 314 g/mol. The Bertz CT molecular complexity index is 703. The highest BCUT2D eigenvalue weighted by Crippen LogP contribution is 2.29. The molecule has 1 aromatic carbocycles. The molecule has 0 atom stereocenters. The predicted molar refractivity (Wildman–Crippen MR) is 88.2 cm³/mol. The number of anilines is 2. The summed E-state index contributed by atoms with van der Waals surface area (Å²) < 4.78 is 10.4. The van der Waals surface area contributed by atoms with Gasteiger partial charge in [0.05, 0.1) is 19.9 Å². The molecule has 7 nitrogen and oxygen atoms in total. The molecular weight excluding hydrogens is 296 g/mol. The van der Waals surface area contributed by atoms with Crippen LogP contribution in [-0.4, -0.2) is 36.6 Å². The molecule has 2 rings (SSSR count). The highest BCUT2D eigenvalue weighted by molar-refractivity contribution is 6.04. The molecule has 0 unspecified atom stereocenters. The van der Waals surface area contributed by atoms with Crippen LogP contribution in [0.5, 0.6) is 11.5 Å². The van der Waals surface area contributed by atoms with Crippen LogP contribution in [0.1, 0.15) is 10.5 Å². The molecule has 120 valence electrons. The number of methoxy groups -OCH3 is 2. The van der Waals surface area contributed by atoms with Crippen molar-refractivity contribution in [2.45, 2.75) is 0 Å². The molecule has 0 saturated heterocycles. The second-order valence-electron chi connectivity index (χ2n) is 4.48. The zero-order chi connectivity index (χ0) is 16.7. The summed E-state index contributed by atoms with van der Waals surface area (Å²) in [5.41, 5.74) is 0.729. The molecule has 2 aromatic rings. The van der Waals surface area contributed by atoms with Crippen molar-refractivity contribution in [3.63, 3.8) is 0 Å². The van der Waals surface area contributed by atoms with Gasteiger partial charge in [0.25, 0.3) is 5.91 Å². The molecule has 0 spiro atoms. The second-order valence-corrected chi connectivity index (χ2v) is 4.48. The van der Waals surface area contributed by atoms with E-state index < -0.39 is 0 Å². The normalized spacial score (nSPS) is 9.83. The molecule has 1 amide bonds. The van der Waals surface area contributed by atoms with Gasteiger partial charge in [-0.2, -0.15) is 0 Å². The largest absolute Gasteiger partial charge is 0.497 e. The summed E-state index contributed by atoms with van der Waals surface area (Å²) >= 11 is 0. The Morgan fingerprint density at radius 1 is 1.26 bits per heavy atom. The smallest absolute Gasteiger partial charge is 0.274 e. The fraction of sp³-hybridized carbons (Fsp3) is 0.188. The topological polar surface area (TPSA) is 85.4 Å². The molecule has 0 saturated carbocycles. The van der Waals surface area contributed by atoms with Gasteiger partial charge in [-0.05, 0) is 12.1 Å². The molecule has 1 heterocycles. The number of amides is 1. The van der Waals surface area contributed by atoms with E-state index in [1.165, 1.54) is 13.4 Å². The van der Waals surface area contributed by atoms with Gasteiger partial charge in [0, 0.05) is 18.7 Å². The van der Waals surface area contributed by atoms with E-state index in [0.29, 0.717) is 29.5 Å². The summed E-state index contributed by atoms with van der Waals surface area (Å²) in [6.45, 7) is 4.16. The van der Waals surface area contributed by atoms with Crippen LogP contribution >= 0.6 is 0 Å². The van der Waals surface area contributed by atoms with Gasteiger partial charge in [0.1, 0.15) is 29.3 Å². The summed E-state index contributed by atoms with van der Waals surface area (Å²) in [5.74, 6) is 1.30. The first-order valence-electron chi connectivity index (χ1n) is 6.88. The molecule has 0 aliphatic heterocycles. The van der Waals surface area contributed by atoms with Gasteiger partial charge < -0.3 is 20.1 Å². The van der Waals surface area contributed by atoms with Crippen LogP contribution in [0.15, 0.2) is 43.2 Å². The zero-order valence-corrected chi connectivity index (χ0v) is 13.0. The maximum Gasteiger partial charge on any atom is 0.274 e. The Morgan fingerprint density at radius 3 is 2.78 bits per heavy atom. The van der Waals surface area contributed by atoms with Gasteiger partial charge in [-0.3, -0.25) is 4.79 Å². The van der Waals surface area contributed by atoms with Gasteiger partial charge in [0.2, 0.25) is 0 Å². The average Bonchev–Trinajstić information content (AvgIpc) is 2.60. The summed E-state index contributed by atoms with van der Waals surface area (Å²) in [4.78, 5) is 20.4. The van der Waals surface area contributed by atoms with Crippen molar-refractivity contribution in [1.82, 2.24) is 9.97 Å². The number of carbonyl (C=O) groups is 1. The first-order valence-corrected chi connectivity index (χ1v) is 6.88. The first kappa shape index (κ1) is 16.3. The Kier molecular flexibility index (Phi) is 5.51. The van der Waals surface area contributed by atoms with Crippen molar-refractivity contribution in [3.8, 4) is 11.5 Å². The van der Waals surface area contributed by atoms with Crippen LogP contribution in [0.4, 0.5) is 11.5 Å². The number of hydrogen-bond acceptors (Lipinski definition) is 6. The minimum atomic E-state index is -0.374. The third kappa shape index (κ3) is 4.19. The Labute approximate surface area is 134 Å². The van der Waals surface area contributed by atoms with Gasteiger partial charge in [0.15, 0.2) is 0 Å². The number of hydrogen-bond donors (Lipinski definition) is 2. The van der Waals surface area contributed by atoms with Gasteiger partial charge in [-0.15, -0.1) is 6.58 Å². The second kappa shape index (κ2) is 7.79. The zero-order valence-electron chi connectivity index (χ0n) is 13.0. The van der Waals surface area contributed by atoms with E-state index in [1.807, 2.05) is 0 Å². The van der Waals surface area contributed by atoms with E-state index in [0.717, 1.165) is 0 Å². The molecule has 0 fully saturated rings. The average molecular weight is 314 g/mol. The third-order valence-corrected chi connectivity index (χ3v) is 2.98. The van der Waals surface area contributed by atoms with E-state index in [-0.39, 0.29) is 11.6 Å². The SMILES string of the molecule is C=CCNc1cc(C(=O)Nc2cc(OC)ccc2OC)ncn1. The molecule has 0 aliphatic carbocycles. The van der Waals surface area contributed by atoms with Gasteiger partial charge in [-0.1, -0.05) is 6.08 Å². The minimum Gasteiger partial charge on any atom is -0.497 e. The lowest BCUT2D eigenvalue weighted by atomic mass is 10.2. The van der Waals surface area contributed by atoms with E-state index in [2.05, 4.69) is 27.2 Å². The molecule has 0 bridgehead atoms. The molecule has 7 heteroatoms. The standard InChI is InChI=1S/C16H18N4O3/c1-4-7-17-15-9-13(18-10-19-15)16(21)20-12-8-11(22-2)5-6-14(12)23-3/h4-6,8-10H,1,7H2,2-3H3,(H,20,21)(H,17,18,19). The number of ether oxygens (including phenoxy) is 2. The van der Waals surface area contributed by atoms with E-state index >= 15 is 0 Å².